The van der Waals surface area contributed by atoms with E-state index in [2.05, 4.69) is 16.5 Å². The van der Waals surface area contributed by atoms with Gasteiger partial charge in [0, 0.05) is 24.4 Å². The molecule has 0 fully saturated rings. The molecule has 2 heterocycles. The first-order valence-electron chi connectivity index (χ1n) is 6.44. The van der Waals surface area contributed by atoms with Gasteiger partial charge in [0.1, 0.15) is 11.6 Å². The molecule has 0 amide bonds. The average molecular weight is 288 g/mol. The van der Waals surface area contributed by atoms with Gasteiger partial charge < -0.3 is 15.0 Å². The molecule has 2 aromatic heterocycles. The van der Waals surface area contributed by atoms with Gasteiger partial charge in [-0.3, -0.25) is 0 Å². The van der Waals surface area contributed by atoms with E-state index in [0.29, 0.717) is 11.6 Å². The molecular weight excluding hydrogens is 272 g/mol. The summed E-state index contributed by atoms with van der Waals surface area (Å²) in [7, 11) is 1.66. The number of aryl methyl sites for hydroxylation is 1. The summed E-state index contributed by atoms with van der Waals surface area (Å²) in [6, 6.07) is 5.96. The highest BCUT2D eigenvalue weighted by molar-refractivity contribution is 7.13. The fourth-order valence-corrected chi connectivity index (χ4v) is 2.90. The summed E-state index contributed by atoms with van der Waals surface area (Å²) in [4.78, 5) is 9.01. The number of nitrogen functional groups attached to an aromatic ring is 1. The zero-order valence-corrected chi connectivity index (χ0v) is 12.3. The Morgan fingerprint density at radius 2 is 2.20 bits per heavy atom. The molecule has 0 unspecified atom stereocenters. The van der Waals surface area contributed by atoms with Crippen molar-refractivity contribution in [1.29, 1.82) is 0 Å². The molecule has 20 heavy (non-hydrogen) atoms. The van der Waals surface area contributed by atoms with E-state index < -0.39 is 0 Å². The van der Waals surface area contributed by atoms with Crippen LogP contribution in [-0.2, 0) is 13.0 Å². The first-order chi connectivity index (χ1) is 9.71. The minimum atomic E-state index is 0.598. The number of fused-ring (bicyclic) bond motifs is 1. The van der Waals surface area contributed by atoms with Gasteiger partial charge in [0.2, 0.25) is 0 Å². The number of nitrogens with two attached hydrogens (primary N) is 1. The molecule has 0 radical (unpaired) electrons. The molecule has 0 spiro atoms. The van der Waals surface area contributed by atoms with Crippen molar-refractivity contribution in [2.45, 2.75) is 19.9 Å². The summed E-state index contributed by atoms with van der Waals surface area (Å²) in [5.74, 6) is 1.82. The third-order valence-electron chi connectivity index (χ3n) is 3.26. The monoisotopic (exact) mass is 288 g/mol. The van der Waals surface area contributed by atoms with Crippen LogP contribution >= 0.6 is 11.3 Å². The Labute approximate surface area is 121 Å². The van der Waals surface area contributed by atoms with Gasteiger partial charge in [-0.2, -0.15) is 0 Å². The lowest BCUT2D eigenvalue weighted by molar-refractivity contribution is 0.415. The maximum atomic E-state index is 5.68. The van der Waals surface area contributed by atoms with E-state index in [1.54, 1.807) is 7.11 Å². The van der Waals surface area contributed by atoms with Gasteiger partial charge in [-0.25, -0.2) is 9.97 Å². The van der Waals surface area contributed by atoms with Gasteiger partial charge in [-0.15, -0.1) is 11.3 Å². The molecule has 0 saturated heterocycles. The smallest absolute Gasteiger partial charge is 0.180 e. The lowest BCUT2D eigenvalue weighted by atomic mass is 10.3. The number of aromatic nitrogens is 3. The zero-order valence-electron chi connectivity index (χ0n) is 11.5. The normalized spacial score (nSPS) is 11.1. The Bertz CT molecular complexity index is 747. The van der Waals surface area contributed by atoms with Crippen molar-refractivity contribution in [1.82, 2.24) is 14.5 Å². The van der Waals surface area contributed by atoms with Crippen molar-refractivity contribution in [3.05, 3.63) is 35.1 Å². The van der Waals surface area contributed by atoms with Gasteiger partial charge in [0.15, 0.2) is 5.13 Å². The molecule has 0 aliphatic heterocycles. The van der Waals surface area contributed by atoms with E-state index in [0.717, 1.165) is 34.8 Å². The fraction of sp³-hybridized carbons (Fsp3) is 0.286. The van der Waals surface area contributed by atoms with E-state index in [9.17, 15) is 0 Å². The number of thiazole rings is 1. The third kappa shape index (κ3) is 2.22. The van der Waals surface area contributed by atoms with Crippen molar-refractivity contribution in [2.75, 3.05) is 12.8 Å². The summed E-state index contributed by atoms with van der Waals surface area (Å²) in [5.41, 5.74) is 8.71. The maximum absolute atomic E-state index is 5.68. The van der Waals surface area contributed by atoms with E-state index in [-0.39, 0.29) is 0 Å². The Morgan fingerprint density at radius 3 is 2.85 bits per heavy atom. The van der Waals surface area contributed by atoms with E-state index in [4.69, 9.17) is 15.5 Å². The van der Waals surface area contributed by atoms with Gasteiger partial charge in [-0.1, -0.05) is 0 Å². The molecular formula is C14H16N4OS. The number of methoxy groups -OCH3 is 1. The molecule has 1 aromatic carbocycles. The predicted molar refractivity (Wildman–Crippen MR) is 81.3 cm³/mol. The molecule has 3 aromatic rings. The molecule has 0 aliphatic carbocycles. The highest BCUT2D eigenvalue weighted by atomic mass is 32.1. The van der Waals surface area contributed by atoms with Gasteiger partial charge in [0.05, 0.1) is 23.8 Å². The summed E-state index contributed by atoms with van der Waals surface area (Å²) in [6.45, 7) is 2.99. The van der Waals surface area contributed by atoms with Crippen molar-refractivity contribution < 1.29 is 4.74 Å². The lowest BCUT2D eigenvalue weighted by Crippen LogP contribution is -2.03. The van der Waals surface area contributed by atoms with Crippen LogP contribution in [0.15, 0.2) is 23.6 Å². The summed E-state index contributed by atoms with van der Waals surface area (Å²) in [6.07, 6.45) is 0.693. The lowest BCUT2D eigenvalue weighted by Gasteiger charge is -2.05. The van der Waals surface area contributed by atoms with Crippen molar-refractivity contribution >= 4 is 27.5 Å². The Balaban J connectivity index is 2.05. The first-order valence-corrected chi connectivity index (χ1v) is 7.32. The highest BCUT2D eigenvalue weighted by Crippen LogP contribution is 2.23. The third-order valence-corrected chi connectivity index (χ3v) is 3.98. The number of anilines is 1. The molecule has 0 saturated carbocycles. The largest absolute Gasteiger partial charge is 0.497 e. The molecule has 104 valence electrons. The number of hydrogen-bond donors (Lipinski definition) is 1. The number of hydrogen-bond acceptors (Lipinski definition) is 5. The first kappa shape index (κ1) is 12.9. The van der Waals surface area contributed by atoms with Crippen molar-refractivity contribution in [2.24, 2.45) is 0 Å². The molecule has 3 rings (SSSR count). The second-order valence-electron chi connectivity index (χ2n) is 4.48. The Morgan fingerprint density at radius 1 is 1.35 bits per heavy atom. The molecule has 2 N–H and O–H groups in total. The van der Waals surface area contributed by atoms with Crippen molar-refractivity contribution in [3.8, 4) is 5.75 Å². The summed E-state index contributed by atoms with van der Waals surface area (Å²) >= 11 is 1.46. The standard InChI is InChI=1S/C14H16N4OS/c1-3-18-12-5-4-10(19-2)7-11(12)17-13(18)6-9-8-20-14(15)16-9/h4-5,7-8H,3,6H2,1-2H3,(H2,15,16). The Kier molecular flexibility index (Phi) is 3.31. The van der Waals surface area contributed by atoms with Gasteiger partial charge in [-0.05, 0) is 19.1 Å². The van der Waals surface area contributed by atoms with E-state index in [1.165, 1.54) is 11.3 Å². The van der Waals surface area contributed by atoms with Crippen LogP contribution in [0.4, 0.5) is 5.13 Å². The molecule has 0 bridgehead atoms. The van der Waals surface area contributed by atoms with Crippen LogP contribution in [0.25, 0.3) is 11.0 Å². The topological polar surface area (TPSA) is 66.0 Å². The number of nitrogens with zero attached hydrogens (tertiary/aromatic N) is 3. The SMILES string of the molecule is CCn1c(Cc2csc(N)n2)nc2cc(OC)ccc21. The number of imidazole rings is 1. The summed E-state index contributed by atoms with van der Waals surface area (Å²) in [5, 5.41) is 2.58. The van der Waals surface area contributed by atoms with Crippen LogP contribution < -0.4 is 10.5 Å². The van der Waals surface area contributed by atoms with Crippen LogP contribution in [0.3, 0.4) is 0 Å². The number of benzene rings is 1. The minimum absolute atomic E-state index is 0.598. The number of rotatable bonds is 4. The van der Waals surface area contributed by atoms with Crippen molar-refractivity contribution in [3.63, 3.8) is 0 Å². The van der Waals surface area contributed by atoms with Crippen LogP contribution in [0.1, 0.15) is 18.4 Å². The van der Waals surface area contributed by atoms with Crippen LogP contribution in [0.5, 0.6) is 5.75 Å². The quantitative estimate of drug-likeness (QED) is 0.801. The zero-order chi connectivity index (χ0) is 14.1. The fourth-order valence-electron chi connectivity index (χ4n) is 2.34. The van der Waals surface area contributed by atoms with Gasteiger partial charge in [0.25, 0.3) is 0 Å². The Hall–Kier alpha value is -2.08. The average Bonchev–Trinajstić information content (AvgIpc) is 3.01. The summed E-state index contributed by atoms with van der Waals surface area (Å²) < 4.78 is 7.45. The molecule has 0 atom stereocenters. The molecule has 0 aliphatic rings. The number of ether oxygens (including phenoxy) is 1. The van der Waals surface area contributed by atoms with Gasteiger partial charge >= 0.3 is 0 Å². The van der Waals surface area contributed by atoms with E-state index in [1.807, 2.05) is 23.6 Å². The van der Waals surface area contributed by atoms with E-state index >= 15 is 0 Å². The molecule has 6 heteroatoms. The van der Waals surface area contributed by atoms with Crippen LogP contribution in [-0.4, -0.2) is 21.6 Å². The predicted octanol–water partition coefficient (Wildman–Crippen LogP) is 2.69. The second-order valence-corrected chi connectivity index (χ2v) is 5.37. The molecule has 5 nitrogen and oxygen atoms in total. The maximum Gasteiger partial charge on any atom is 0.180 e. The minimum Gasteiger partial charge on any atom is -0.497 e. The highest BCUT2D eigenvalue weighted by Gasteiger charge is 2.12. The van der Waals surface area contributed by atoms with Crippen LogP contribution in [0, 0.1) is 0 Å². The second kappa shape index (κ2) is 5.13. The van der Waals surface area contributed by atoms with Crippen LogP contribution in [0.2, 0.25) is 0 Å².